The van der Waals surface area contributed by atoms with Crippen molar-refractivity contribution in [1.29, 1.82) is 0 Å². The summed E-state index contributed by atoms with van der Waals surface area (Å²) in [5.41, 5.74) is 0.0929. The van der Waals surface area contributed by atoms with Gasteiger partial charge in [-0.15, -0.1) is 0 Å². The van der Waals surface area contributed by atoms with Crippen molar-refractivity contribution in [3.05, 3.63) is 33.9 Å². The van der Waals surface area contributed by atoms with Crippen LogP contribution in [0.5, 0.6) is 0 Å². The van der Waals surface area contributed by atoms with Gasteiger partial charge in [0.1, 0.15) is 5.69 Å². The van der Waals surface area contributed by atoms with Crippen LogP contribution in [0.1, 0.15) is 23.2 Å². The highest BCUT2D eigenvalue weighted by Gasteiger charge is 2.41. The average molecular weight is 282 g/mol. The second-order valence-corrected chi connectivity index (χ2v) is 5.81. The number of nitro benzene ring substituents is 1. The molecular formula is C12H14N2O4S. The number of nitrogens with zero attached hydrogens (tertiary/aromatic N) is 1. The van der Waals surface area contributed by atoms with Crippen LogP contribution in [0, 0.1) is 10.1 Å². The zero-order chi connectivity index (χ0) is 14.0. The van der Waals surface area contributed by atoms with E-state index in [2.05, 4.69) is 5.32 Å². The standard InChI is InChI=1S/C12H14N2O4S/c1-19-12(4-5-12)7-13-9-3-2-8(11(15)16)6-10(9)14(17)18/h2-3,6,13H,4-5,7H2,1H3,(H,15,16). The van der Waals surface area contributed by atoms with E-state index >= 15 is 0 Å². The Morgan fingerprint density at radius 2 is 2.26 bits per heavy atom. The lowest BCUT2D eigenvalue weighted by Crippen LogP contribution is -2.18. The van der Waals surface area contributed by atoms with Gasteiger partial charge in [0.15, 0.2) is 0 Å². The zero-order valence-corrected chi connectivity index (χ0v) is 11.2. The van der Waals surface area contributed by atoms with Crippen molar-refractivity contribution < 1.29 is 14.8 Å². The molecule has 1 fully saturated rings. The van der Waals surface area contributed by atoms with E-state index < -0.39 is 10.9 Å². The molecule has 102 valence electrons. The Balaban J connectivity index is 2.19. The first-order chi connectivity index (χ1) is 8.97. The molecule has 0 saturated heterocycles. The summed E-state index contributed by atoms with van der Waals surface area (Å²) in [6.45, 7) is 0.654. The first-order valence-corrected chi connectivity index (χ1v) is 7.01. The summed E-state index contributed by atoms with van der Waals surface area (Å²) in [5.74, 6) is -1.17. The molecule has 0 atom stereocenters. The molecule has 0 aromatic heterocycles. The molecule has 6 nitrogen and oxygen atoms in total. The molecule has 1 aromatic rings. The van der Waals surface area contributed by atoms with Crippen LogP contribution < -0.4 is 5.32 Å². The van der Waals surface area contributed by atoms with Crippen molar-refractivity contribution >= 4 is 29.1 Å². The van der Waals surface area contributed by atoms with Crippen molar-refractivity contribution in [3.8, 4) is 0 Å². The van der Waals surface area contributed by atoms with E-state index in [1.165, 1.54) is 12.1 Å². The van der Waals surface area contributed by atoms with Crippen LogP contribution in [0.15, 0.2) is 18.2 Å². The van der Waals surface area contributed by atoms with Gasteiger partial charge < -0.3 is 10.4 Å². The van der Waals surface area contributed by atoms with Crippen molar-refractivity contribution in [3.63, 3.8) is 0 Å². The van der Waals surface area contributed by atoms with E-state index in [9.17, 15) is 14.9 Å². The molecule has 0 radical (unpaired) electrons. The maximum Gasteiger partial charge on any atom is 0.335 e. The Labute approximate surface area is 114 Å². The minimum atomic E-state index is -1.17. The highest BCUT2D eigenvalue weighted by molar-refractivity contribution is 8.00. The molecule has 1 aliphatic rings. The number of benzene rings is 1. The Hall–Kier alpha value is -1.76. The molecule has 2 N–H and O–H groups in total. The van der Waals surface area contributed by atoms with Gasteiger partial charge in [-0.25, -0.2) is 4.79 Å². The maximum atomic E-state index is 11.0. The molecule has 0 amide bonds. The lowest BCUT2D eigenvalue weighted by Gasteiger charge is -2.14. The Bertz CT molecular complexity index is 528. The SMILES string of the molecule is CSC1(CNc2ccc(C(=O)O)cc2[N+](=O)[O-])CC1. The molecule has 0 aliphatic heterocycles. The average Bonchev–Trinajstić information content (AvgIpc) is 3.16. The molecule has 1 saturated carbocycles. The van der Waals surface area contributed by atoms with E-state index in [0.29, 0.717) is 12.2 Å². The first-order valence-electron chi connectivity index (χ1n) is 5.78. The zero-order valence-electron chi connectivity index (χ0n) is 10.4. The van der Waals surface area contributed by atoms with Crippen LogP contribution in [0.25, 0.3) is 0 Å². The fourth-order valence-corrected chi connectivity index (χ4v) is 2.54. The highest BCUT2D eigenvalue weighted by atomic mass is 32.2. The summed E-state index contributed by atoms with van der Waals surface area (Å²) in [6.07, 6.45) is 4.22. The molecule has 0 bridgehead atoms. The van der Waals surface area contributed by atoms with Crippen molar-refractivity contribution in [2.24, 2.45) is 0 Å². The smallest absolute Gasteiger partial charge is 0.335 e. The Morgan fingerprint density at radius 1 is 1.58 bits per heavy atom. The Kier molecular flexibility index (Phi) is 3.66. The third-order valence-corrected chi connectivity index (χ3v) is 4.70. The van der Waals surface area contributed by atoms with Gasteiger partial charge in [-0.3, -0.25) is 10.1 Å². The number of rotatable bonds is 6. The van der Waals surface area contributed by atoms with Gasteiger partial charge in [0.25, 0.3) is 5.69 Å². The number of nitrogens with one attached hydrogen (secondary N) is 1. The van der Waals surface area contributed by atoms with E-state index in [1.807, 2.05) is 6.26 Å². The van der Waals surface area contributed by atoms with Gasteiger partial charge in [0.2, 0.25) is 0 Å². The lowest BCUT2D eigenvalue weighted by molar-refractivity contribution is -0.384. The van der Waals surface area contributed by atoms with Crippen LogP contribution >= 0.6 is 11.8 Å². The molecular weight excluding hydrogens is 268 g/mol. The molecule has 0 heterocycles. The van der Waals surface area contributed by atoms with Crippen molar-refractivity contribution in [2.75, 3.05) is 18.1 Å². The highest BCUT2D eigenvalue weighted by Crippen LogP contribution is 2.47. The minimum absolute atomic E-state index is 0.0803. The summed E-state index contributed by atoms with van der Waals surface area (Å²) >= 11 is 1.75. The van der Waals surface area contributed by atoms with Crippen LogP contribution in [0.2, 0.25) is 0 Å². The monoisotopic (exact) mass is 282 g/mol. The number of anilines is 1. The fraction of sp³-hybridized carbons (Fsp3) is 0.417. The van der Waals surface area contributed by atoms with Crippen LogP contribution in [-0.2, 0) is 0 Å². The number of nitro groups is 1. The maximum absolute atomic E-state index is 11.0. The predicted molar refractivity (Wildman–Crippen MR) is 74.0 cm³/mol. The van der Waals surface area contributed by atoms with Gasteiger partial charge in [-0.05, 0) is 31.2 Å². The number of hydrogen-bond acceptors (Lipinski definition) is 5. The molecule has 7 heteroatoms. The number of hydrogen-bond donors (Lipinski definition) is 2. The quantitative estimate of drug-likeness (QED) is 0.615. The number of carboxylic acid groups (broad SMARTS) is 1. The van der Waals surface area contributed by atoms with Crippen molar-refractivity contribution in [1.82, 2.24) is 0 Å². The lowest BCUT2D eigenvalue weighted by atomic mass is 10.1. The van der Waals surface area contributed by atoms with Gasteiger partial charge in [0, 0.05) is 17.4 Å². The second kappa shape index (κ2) is 5.08. The first kappa shape index (κ1) is 13.7. The third kappa shape index (κ3) is 2.98. The summed E-state index contributed by atoms with van der Waals surface area (Å²) in [7, 11) is 0. The number of thioether (sulfide) groups is 1. The van der Waals surface area contributed by atoms with Crippen molar-refractivity contribution in [2.45, 2.75) is 17.6 Å². The molecule has 2 rings (SSSR count). The normalized spacial score (nSPS) is 15.8. The largest absolute Gasteiger partial charge is 0.478 e. The number of carbonyl (C=O) groups is 1. The fourth-order valence-electron chi connectivity index (χ4n) is 1.81. The topological polar surface area (TPSA) is 92.5 Å². The minimum Gasteiger partial charge on any atom is -0.478 e. The summed E-state index contributed by atoms with van der Waals surface area (Å²) in [6, 6.07) is 3.91. The second-order valence-electron chi connectivity index (χ2n) is 4.53. The molecule has 1 aliphatic carbocycles. The molecule has 1 aromatic carbocycles. The van der Waals surface area contributed by atoms with Crippen LogP contribution in [0.4, 0.5) is 11.4 Å². The summed E-state index contributed by atoms with van der Waals surface area (Å²) < 4.78 is 0.180. The summed E-state index contributed by atoms with van der Waals surface area (Å²) in [4.78, 5) is 21.2. The van der Waals surface area contributed by atoms with Gasteiger partial charge >= 0.3 is 5.97 Å². The van der Waals surface area contributed by atoms with Gasteiger partial charge in [-0.2, -0.15) is 11.8 Å². The van der Waals surface area contributed by atoms with E-state index in [0.717, 1.165) is 18.9 Å². The van der Waals surface area contributed by atoms with E-state index in [-0.39, 0.29) is 16.0 Å². The van der Waals surface area contributed by atoms with Crippen LogP contribution in [-0.4, -0.2) is 33.5 Å². The predicted octanol–water partition coefficient (Wildman–Crippen LogP) is 2.60. The summed E-state index contributed by atoms with van der Waals surface area (Å²) in [5, 5.41) is 22.9. The Morgan fingerprint density at radius 3 is 2.74 bits per heavy atom. The molecule has 0 spiro atoms. The van der Waals surface area contributed by atoms with Gasteiger partial charge in [0.05, 0.1) is 10.5 Å². The van der Waals surface area contributed by atoms with Crippen LogP contribution in [0.3, 0.4) is 0 Å². The number of carboxylic acids is 1. The molecule has 19 heavy (non-hydrogen) atoms. The van der Waals surface area contributed by atoms with E-state index in [1.54, 1.807) is 11.8 Å². The van der Waals surface area contributed by atoms with Gasteiger partial charge in [-0.1, -0.05) is 0 Å². The third-order valence-electron chi connectivity index (χ3n) is 3.28. The van der Waals surface area contributed by atoms with E-state index in [4.69, 9.17) is 5.11 Å². The molecule has 0 unspecified atom stereocenters. The number of aromatic carboxylic acids is 1.